The van der Waals surface area contributed by atoms with Crippen LogP contribution in [-0.2, 0) is 30.2 Å². The number of amides is 2. The molecule has 1 rings (SSSR count). The first-order chi connectivity index (χ1) is 16.9. The highest BCUT2D eigenvalue weighted by atomic mass is 32.2. The Morgan fingerprint density at radius 2 is 1.81 bits per heavy atom. The molecule has 9 N–H and O–H groups in total. The Hall–Kier alpha value is -3.52. The number of rotatable bonds is 17. The van der Waals surface area contributed by atoms with Gasteiger partial charge in [-0.25, -0.2) is 13.1 Å². The molecule has 200 valence electrons. The molecule has 2 amide bonds. The van der Waals surface area contributed by atoms with Crippen molar-refractivity contribution in [2.24, 2.45) is 22.2 Å². The molecule has 0 heterocycles. The first kappa shape index (κ1) is 30.5. The zero-order valence-corrected chi connectivity index (χ0v) is 21.2. The van der Waals surface area contributed by atoms with E-state index in [9.17, 15) is 22.8 Å². The minimum atomic E-state index is -3.89. The van der Waals surface area contributed by atoms with Gasteiger partial charge in [0.05, 0.1) is 24.2 Å². The van der Waals surface area contributed by atoms with E-state index in [0.717, 1.165) is 4.90 Å². The standard InChI is InChI=1S/C22H36N8O5S/c1-30(13-20(32)28-17(14-31)9-5-11-19(23)24)21(33)18(10-6-12-27-22(25)26)29-36(34,35)15-16-7-3-2-4-8-16/h2-4,7-8,14,17-18,29H,5-6,9-13,15H2,1H3,(H3,23,24)(H,28,32)(H4,25,26,27)/t17-,18+/m0/s1. The van der Waals surface area contributed by atoms with Crippen LogP contribution in [0.1, 0.15) is 37.7 Å². The Morgan fingerprint density at radius 3 is 2.39 bits per heavy atom. The van der Waals surface area contributed by atoms with Crippen LogP contribution in [0.5, 0.6) is 0 Å². The highest BCUT2D eigenvalue weighted by molar-refractivity contribution is 7.88. The number of carbonyl (C=O) groups is 3. The van der Waals surface area contributed by atoms with Crippen LogP contribution in [0.25, 0.3) is 0 Å². The van der Waals surface area contributed by atoms with E-state index in [-0.39, 0.29) is 37.1 Å². The van der Waals surface area contributed by atoms with Crippen LogP contribution in [0.4, 0.5) is 0 Å². The maximum absolute atomic E-state index is 13.1. The van der Waals surface area contributed by atoms with E-state index >= 15 is 0 Å². The van der Waals surface area contributed by atoms with Crippen molar-refractivity contribution in [2.45, 2.75) is 49.9 Å². The van der Waals surface area contributed by atoms with E-state index in [1.807, 2.05) is 0 Å². The molecule has 0 radical (unpaired) electrons. The van der Waals surface area contributed by atoms with Crippen LogP contribution in [-0.4, -0.2) is 75.4 Å². The Morgan fingerprint density at radius 1 is 1.14 bits per heavy atom. The van der Waals surface area contributed by atoms with Gasteiger partial charge in [0.25, 0.3) is 0 Å². The van der Waals surface area contributed by atoms with E-state index in [4.69, 9.17) is 22.6 Å². The molecule has 36 heavy (non-hydrogen) atoms. The second kappa shape index (κ2) is 15.5. The van der Waals surface area contributed by atoms with Crippen molar-refractivity contribution in [3.63, 3.8) is 0 Å². The lowest BCUT2D eigenvalue weighted by atomic mass is 10.1. The summed E-state index contributed by atoms with van der Waals surface area (Å²) in [5, 5.41) is 9.73. The average Bonchev–Trinajstić information content (AvgIpc) is 2.79. The molecule has 1 aromatic carbocycles. The quantitative estimate of drug-likeness (QED) is 0.0624. The number of aliphatic imine (C=N–C) groups is 1. The Kier molecular flexibility index (Phi) is 13.1. The average molecular weight is 525 g/mol. The van der Waals surface area contributed by atoms with Gasteiger partial charge in [0.1, 0.15) is 12.3 Å². The third-order valence-corrected chi connectivity index (χ3v) is 6.35. The topological polar surface area (TPSA) is 227 Å². The van der Waals surface area contributed by atoms with Gasteiger partial charge in [-0.1, -0.05) is 30.3 Å². The van der Waals surface area contributed by atoms with Crippen LogP contribution in [0.3, 0.4) is 0 Å². The molecule has 1 aromatic rings. The summed E-state index contributed by atoms with van der Waals surface area (Å²) < 4.78 is 27.9. The van der Waals surface area contributed by atoms with Crippen molar-refractivity contribution >= 4 is 39.9 Å². The monoisotopic (exact) mass is 524 g/mol. The molecule has 13 nitrogen and oxygen atoms in total. The zero-order chi connectivity index (χ0) is 27.1. The molecule has 0 unspecified atom stereocenters. The molecular weight excluding hydrogens is 488 g/mol. The summed E-state index contributed by atoms with van der Waals surface area (Å²) in [7, 11) is -2.53. The number of likely N-dealkylation sites (N-methyl/N-ethyl adjacent to an activating group) is 1. The minimum absolute atomic E-state index is 0.0168. The van der Waals surface area contributed by atoms with Crippen molar-refractivity contribution in [2.75, 3.05) is 20.1 Å². The third-order valence-electron chi connectivity index (χ3n) is 4.99. The first-order valence-corrected chi connectivity index (χ1v) is 13.0. The number of guanidine groups is 1. The van der Waals surface area contributed by atoms with Crippen LogP contribution < -0.4 is 27.2 Å². The molecule has 0 aliphatic heterocycles. The van der Waals surface area contributed by atoms with Gasteiger partial charge >= 0.3 is 0 Å². The SMILES string of the molecule is CN(CC(=O)N[C@H](C=O)CCCC(=N)N)C(=O)[C@@H](CCCN=C(N)N)NS(=O)(=O)Cc1ccccc1. The van der Waals surface area contributed by atoms with Crippen LogP contribution in [0, 0.1) is 5.41 Å². The molecule has 2 atom stereocenters. The molecule has 0 fully saturated rings. The van der Waals surface area contributed by atoms with Crippen molar-refractivity contribution in [1.29, 1.82) is 5.41 Å². The fraction of sp³-hybridized carbons (Fsp3) is 0.500. The maximum atomic E-state index is 13.1. The van der Waals surface area contributed by atoms with Crippen molar-refractivity contribution in [1.82, 2.24) is 14.9 Å². The van der Waals surface area contributed by atoms with Crippen LogP contribution in [0.2, 0.25) is 0 Å². The summed E-state index contributed by atoms with van der Waals surface area (Å²) in [5.74, 6) is -1.67. The summed E-state index contributed by atoms with van der Waals surface area (Å²) in [6.45, 7) is -0.196. The Labute approximate surface area is 211 Å². The Balaban J connectivity index is 2.83. The molecular formula is C22H36N8O5S. The van der Waals surface area contributed by atoms with Gasteiger partial charge in [-0.2, -0.15) is 0 Å². The van der Waals surface area contributed by atoms with Gasteiger partial charge in [0.15, 0.2) is 5.96 Å². The number of nitrogens with zero attached hydrogens (tertiary/aromatic N) is 2. The fourth-order valence-corrected chi connectivity index (χ4v) is 4.65. The molecule has 0 saturated heterocycles. The lowest BCUT2D eigenvalue weighted by Gasteiger charge is -2.25. The smallest absolute Gasteiger partial charge is 0.240 e. The first-order valence-electron chi connectivity index (χ1n) is 11.4. The van der Waals surface area contributed by atoms with Gasteiger partial charge in [-0.05, 0) is 31.2 Å². The van der Waals surface area contributed by atoms with Gasteiger partial charge in [0.2, 0.25) is 21.8 Å². The lowest BCUT2D eigenvalue weighted by Crippen LogP contribution is -2.50. The van der Waals surface area contributed by atoms with Gasteiger partial charge in [-0.3, -0.25) is 20.0 Å². The zero-order valence-electron chi connectivity index (χ0n) is 20.4. The fourth-order valence-electron chi connectivity index (χ4n) is 3.29. The van der Waals surface area contributed by atoms with Gasteiger partial charge < -0.3 is 32.2 Å². The second-order valence-corrected chi connectivity index (χ2v) is 10.0. The van der Waals surface area contributed by atoms with Crippen molar-refractivity contribution in [3.05, 3.63) is 35.9 Å². The van der Waals surface area contributed by atoms with E-state index in [2.05, 4.69) is 15.0 Å². The van der Waals surface area contributed by atoms with E-state index in [1.165, 1.54) is 7.05 Å². The van der Waals surface area contributed by atoms with Crippen molar-refractivity contribution in [3.8, 4) is 0 Å². The van der Waals surface area contributed by atoms with Crippen molar-refractivity contribution < 1.29 is 22.8 Å². The van der Waals surface area contributed by atoms with Crippen LogP contribution >= 0.6 is 0 Å². The number of nitrogens with one attached hydrogen (secondary N) is 3. The number of carbonyl (C=O) groups excluding carboxylic acids is 3. The predicted molar refractivity (Wildman–Crippen MR) is 137 cm³/mol. The summed E-state index contributed by atoms with van der Waals surface area (Å²) in [6.07, 6.45) is 2.00. The summed E-state index contributed by atoms with van der Waals surface area (Å²) >= 11 is 0. The van der Waals surface area contributed by atoms with Gasteiger partial charge in [0, 0.05) is 20.0 Å². The summed E-state index contributed by atoms with van der Waals surface area (Å²) in [6, 6.07) is 6.56. The second-order valence-electron chi connectivity index (χ2n) is 8.29. The highest BCUT2D eigenvalue weighted by Gasteiger charge is 2.28. The van der Waals surface area contributed by atoms with Crippen LogP contribution in [0.15, 0.2) is 35.3 Å². The number of hydrogen-bond acceptors (Lipinski definition) is 7. The minimum Gasteiger partial charge on any atom is -0.388 e. The van der Waals surface area contributed by atoms with Gasteiger partial charge in [-0.15, -0.1) is 0 Å². The molecule has 0 aromatic heterocycles. The third kappa shape index (κ3) is 12.8. The number of hydrogen-bond donors (Lipinski definition) is 6. The molecule has 0 bridgehead atoms. The molecule has 0 aliphatic carbocycles. The maximum Gasteiger partial charge on any atom is 0.240 e. The summed E-state index contributed by atoms with van der Waals surface area (Å²) in [5.41, 5.74) is 16.5. The van der Waals surface area contributed by atoms with E-state index in [0.29, 0.717) is 37.5 Å². The highest BCUT2D eigenvalue weighted by Crippen LogP contribution is 2.09. The largest absolute Gasteiger partial charge is 0.388 e. The molecule has 0 spiro atoms. The predicted octanol–water partition coefficient (Wildman–Crippen LogP) is -1.22. The number of nitrogens with two attached hydrogens (primary N) is 3. The molecule has 0 aliphatic rings. The Bertz CT molecular complexity index is 1010. The normalized spacial score (nSPS) is 12.7. The molecule has 0 saturated carbocycles. The lowest BCUT2D eigenvalue weighted by molar-refractivity contribution is -0.136. The van der Waals surface area contributed by atoms with E-state index in [1.54, 1.807) is 30.3 Å². The number of benzene rings is 1. The number of amidine groups is 1. The number of sulfonamides is 1. The number of aldehydes is 1. The summed E-state index contributed by atoms with van der Waals surface area (Å²) in [4.78, 5) is 41.6. The molecule has 14 heteroatoms. The van der Waals surface area contributed by atoms with E-state index < -0.39 is 33.9 Å².